The molecule has 0 bridgehead atoms. The van der Waals surface area contributed by atoms with E-state index in [9.17, 15) is 9.59 Å². The molecule has 90 valence electrons. The van der Waals surface area contributed by atoms with E-state index in [1.54, 1.807) is 0 Å². The van der Waals surface area contributed by atoms with Crippen LogP contribution in [-0.2, 0) is 14.4 Å². The predicted molar refractivity (Wildman–Crippen MR) is 60.1 cm³/mol. The van der Waals surface area contributed by atoms with Crippen molar-refractivity contribution in [1.82, 2.24) is 5.32 Å². The van der Waals surface area contributed by atoms with Crippen LogP contribution in [0, 0.1) is 12.3 Å². The SMILES string of the molecule is C#CCCC(=O)CCC(=O)NCCCON. The minimum Gasteiger partial charge on any atom is -0.356 e. The number of rotatable bonds is 9. The first kappa shape index (κ1) is 14.6. The van der Waals surface area contributed by atoms with E-state index in [1.807, 2.05) is 0 Å². The molecular formula is C11H18N2O3. The topological polar surface area (TPSA) is 81.4 Å². The molecule has 5 nitrogen and oxygen atoms in total. The minimum atomic E-state index is -0.133. The molecule has 0 aliphatic heterocycles. The first-order valence-corrected chi connectivity index (χ1v) is 5.24. The lowest BCUT2D eigenvalue weighted by Crippen LogP contribution is -2.25. The molecule has 0 rings (SSSR count). The van der Waals surface area contributed by atoms with Gasteiger partial charge in [-0.3, -0.25) is 9.59 Å². The van der Waals surface area contributed by atoms with Crippen molar-refractivity contribution in [1.29, 1.82) is 0 Å². The van der Waals surface area contributed by atoms with Gasteiger partial charge < -0.3 is 10.2 Å². The van der Waals surface area contributed by atoms with Crippen LogP contribution in [0.5, 0.6) is 0 Å². The molecule has 5 heteroatoms. The largest absolute Gasteiger partial charge is 0.356 e. The molecule has 0 aromatic heterocycles. The molecule has 0 saturated heterocycles. The Kier molecular flexibility index (Phi) is 9.27. The van der Waals surface area contributed by atoms with Gasteiger partial charge in [-0.05, 0) is 6.42 Å². The Labute approximate surface area is 95.7 Å². The Morgan fingerprint density at radius 1 is 1.31 bits per heavy atom. The molecule has 16 heavy (non-hydrogen) atoms. The summed E-state index contributed by atoms with van der Waals surface area (Å²) in [6.45, 7) is 0.913. The Hall–Kier alpha value is -1.38. The second-order valence-electron chi connectivity index (χ2n) is 3.32. The predicted octanol–water partition coefficient (Wildman–Crippen LogP) is 0.146. The van der Waals surface area contributed by atoms with Crippen LogP contribution in [0.25, 0.3) is 0 Å². The van der Waals surface area contributed by atoms with Crippen molar-refractivity contribution in [3.63, 3.8) is 0 Å². The summed E-state index contributed by atoms with van der Waals surface area (Å²) >= 11 is 0. The first-order chi connectivity index (χ1) is 7.70. The van der Waals surface area contributed by atoms with Crippen LogP contribution in [0.4, 0.5) is 0 Å². The van der Waals surface area contributed by atoms with Crippen molar-refractivity contribution in [2.75, 3.05) is 13.2 Å². The smallest absolute Gasteiger partial charge is 0.220 e. The third kappa shape index (κ3) is 9.19. The number of carbonyl (C=O) groups is 2. The van der Waals surface area contributed by atoms with Gasteiger partial charge in [-0.15, -0.1) is 12.3 Å². The quantitative estimate of drug-likeness (QED) is 0.333. The van der Waals surface area contributed by atoms with Crippen LogP contribution in [0.15, 0.2) is 0 Å². The van der Waals surface area contributed by atoms with Gasteiger partial charge in [-0.25, -0.2) is 5.90 Å². The molecule has 1 amide bonds. The van der Waals surface area contributed by atoms with Gasteiger partial charge in [0.05, 0.1) is 6.61 Å². The number of hydrogen-bond donors (Lipinski definition) is 2. The van der Waals surface area contributed by atoms with Crippen molar-refractivity contribution in [2.24, 2.45) is 5.90 Å². The van der Waals surface area contributed by atoms with Crippen LogP contribution in [0.3, 0.4) is 0 Å². The first-order valence-electron chi connectivity index (χ1n) is 5.24. The molecule has 0 spiro atoms. The molecule has 0 radical (unpaired) electrons. The fourth-order valence-corrected chi connectivity index (χ4v) is 1.06. The van der Waals surface area contributed by atoms with E-state index >= 15 is 0 Å². The summed E-state index contributed by atoms with van der Waals surface area (Å²) in [5.41, 5.74) is 0. The highest BCUT2D eigenvalue weighted by Gasteiger charge is 2.05. The number of amides is 1. The lowest BCUT2D eigenvalue weighted by molar-refractivity contribution is -0.125. The summed E-state index contributed by atoms with van der Waals surface area (Å²) in [5, 5.41) is 2.66. The van der Waals surface area contributed by atoms with E-state index in [1.165, 1.54) is 0 Å². The van der Waals surface area contributed by atoms with E-state index in [0.717, 1.165) is 0 Å². The zero-order valence-corrected chi connectivity index (χ0v) is 9.33. The Bertz CT molecular complexity index is 258. The van der Waals surface area contributed by atoms with Gasteiger partial charge >= 0.3 is 0 Å². The fourth-order valence-electron chi connectivity index (χ4n) is 1.06. The fraction of sp³-hybridized carbons (Fsp3) is 0.636. The maximum absolute atomic E-state index is 11.2. The van der Waals surface area contributed by atoms with E-state index < -0.39 is 0 Å². The molecule has 0 aromatic carbocycles. The molecule has 0 aliphatic carbocycles. The molecule has 0 saturated carbocycles. The van der Waals surface area contributed by atoms with Gasteiger partial charge in [-0.1, -0.05) is 0 Å². The second-order valence-corrected chi connectivity index (χ2v) is 3.32. The van der Waals surface area contributed by atoms with E-state index in [-0.39, 0.29) is 24.5 Å². The molecule has 0 heterocycles. The van der Waals surface area contributed by atoms with Crippen molar-refractivity contribution >= 4 is 11.7 Å². The maximum atomic E-state index is 11.2. The normalized spacial score (nSPS) is 9.50. The molecular weight excluding hydrogens is 208 g/mol. The number of nitrogens with one attached hydrogen (secondary N) is 1. The highest BCUT2D eigenvalue weighted by molar-refractivity contribution is 5.84. The third-order valence-corrected chi connectivity index (χ3v) is 1.94. The van der Waals surface area contributed by atoms with Crippen molar-refractivity contribution in [3.05, 3.63) is 0 Å². The molecule has 3 N–H and O–H groups in total. The van der Waals surface area contributed by atoms with Gasteiger partial charge in [0.2, 0.25) is 5.91 Å². The zero-order chi connectivity index (χ0) is 12.2. The van der Waals surface area contributed by atoms with E-state index in [4.69, 9.17) is 12.3 Å². The molecule has 0 unspecified atom stereocenters. The highest BCUT2D eigenvalue weighted by atomic mass is 16.6. The maximum Gasteiger partial charge on any atom is 0.220 e. The monoisotopic (exact) mass is 226 g/mol. The summed E-state index contributed by atoms with van der Waals surface area (Å²) in [5.74, 6) is 7.10. The van der Waals surface area contributed by atoms with Crippen molar-refractivity contribution in [2.45, 2.75) is 32.1 Å². The number of terminal acetylenes is 1. The molecule has 0 aliphatic rings. The Morgan fingerprint density at radius 2 is 2.06 bits per heavy atom. The summed E-state index contributed by atoms with van der Waals surface area (Å²) in [7, 11) is 0. The summed E-state index contributed by atoms with van der Waals surface area (Å²) < 4.78 is 0. The van der Waals surface area contributed by atoms with Gasteiger partial charge in [0.1, 0.15) is 5.78 Å². The Morgan fingerprint density at radius 3 is 2.69 bits per heavy atom. The summed E-state index contributed by atoms with van der Waals surface area (Å²) in [6, 6.07) is 0. The van der Waals surface area contributed by atoms with E-state index in [2.05, 4.69) is 16.1 Å². The minimum absolute atomic E-state index is 0.0263. The third-order valence-electron chi connectivity index (χ3n) is 1.94. The van der Waals surface area contributed by atoms with Crippen LogP contribution < -0.4 is 11.2 Å². The van der Waals surface area contributed by atoms with Crippen molar-refractivity contribution < 1.29 is 14.4 Å². The molecule has 0 fully saturated rings. The molecule has 0 atom stereocenters. The van der Waals surface area contributed by atoms with Gasteiger partial charge in [0, 0.05) is 32.2 Å². The Balaban J connectivity index is 3.43. The van der Waals surface area contributed by atoms with Crippen LogP contribution in [-0.4, -0.2) is 24.8 Å². The van der Waals surface area contributed by atoms with Gasteiger partial charge in [0.25, 0.3) is 0 Å². The van der Waals surface area contributed by atoms with Crippen LogP contribution >= 0.6 is 0 Å². The molecule has 0 aromatic rings. The van der Waals surface area contributed by atoms with Gasteiger partial charge in [0.15, 0.2) is 0 Å². The highest BCUT2D eigenvalue weighted by Crippen LogP contribution is 1.98. The second kappa shape index (κ2) is 10.1. The summed E-state index contributed by atoms with van der Waals surface area (Å²) in [6.07, 6.45) is 6.94. The number of carbonyl (C=O) groups excluding carboxylic acids is 2. The zero-order valence-electron chi connectivity index (χ0n) is 9.33. The number of nitrogens with two attached hydrogens (primary N) is 1. The number of Topliss-reactive ketones (excluding diaryl/α,β-unsaturated/α-hetero) is 1. The summed E-state index contributed by atoms with van der Waals surface area (Å²) in [4.78, 5) is 26.7. The van der Waals surface area contributed by atoms with Crippen LogP contribution in [0.2, 0.25) is 0 Å². The van der Waals surface area contributed by atoms with Crippen molar-refractivity contribution in [3.8, 4) is 12.3 Å². The van der Waals surface area contributed by atoms with Gasteiger partial charge in [-0.2, -0.15) is 0 Å². The number of hydrogen-bond acceptors (Lipinski definition) is 4. The average molecular weight is 226 g/mol. The average Bonchev–Trinajstić information content (AvgIpc) is 2.29. The number of ketones is 1. The van der Waals surface area contributed by atoms with E-state index in [0.29, 0.717) is 32.4 Å². The standard InChI is InChI=1S/C11H18N2O3/c1-2-3-5-10(14)6-7-11(15)13-8-4-9-16-12/h1H,3-9,12H2,(H,13,15). The van der Waals surface area contributed by atoms with Crippen LogP contribution in [0.1, 0.15) is 32.1 Å². The lowest BCUT2D eigenvalue weighted by atomic mass is 10.1. The lowest BCUT2D eigenvalue weighted by Gasteiger charge is -2.03.